The average molecular weight is 418 g/mol. The number of nitrogens with one attached hydrogen (secondary N) is 2. The van der Waals surface area contributed by atoms with Crippen molar-refractivity contribution in [1.82, 2.24) is 10.3 Å². The molecule has 2 N–H and O–H groups in total. The van der Waals surface area contributed by atoms with Gasteiger partial charge in [0.25, 0.3) is 0 Å². The molecule has 1 aromatic heterocycles. The number of carbonyl (C=O) groups is 1. The van der Waals surface area contributed by atoms with Crippen LogP contribution in [0.15, 0.2) is 102 Å². The maximum Gasteiger partial charge on any atom is 0.188 e. The van der Waals surface area contributed by atoms with E-state index < -0.39 is 0 Å². The van der Waals surface area contributed by atoms with Gasteiger partial charge in [0.15, 0.2) is 5.78 Å². The van der Waals surface area contributed by atoms with Crippen LogP contribution in [0.5, 0.6) is 0 Å². The summed E-state index contributed by atoms with van der Waals surface area (Å²) in [5.41, 5.74) is 7.66. The van der Waals surface area contributed by atoms with Gasteiger partial charge in [0.2, 0.25) is 0 Å². The number of Topliss-reactive ketones (excluding diaryl/α,β-unsaturated/α-hetero) is 1. The number of nitrogens with zero attached hydrogens (tertiary/aromatic N) is 1. The average Bonchev–Trinajstić information content (AvgIpc) is 3.24. The lowest BCUT2D eigenvalue weighted by molar-refractivity contribution is 0.103. The van der Waals surface area contributed by atoms with Crippen molar-refractivity contribution in [3.8, 4) is 12.3 Å². The Balaban J connectivity index is 1.36. The van der Waals surface area contributed by atoms with Gasteiger partial charge in [-0.3, -0.25) is 9.78 Å². The first-order valence-electron chi connectivity index (χ1n) is 10.6. The molecule has 1 aromatic carbocycles. The maximum absolute atomic E-state index is 12.7. The summed E-state index contributed by atoms with van der Waals surface area (Å²) in [6, 6.07) is 9.41. The molecule has 2 heterocycles. The number of dihydropyridines is 1. The highest BCUT2D eigenvalue weighted by atomic mass is 16.1. The lowest BCUT2D eigenvalue weighted by atomic mass is 9.95. The third kappa shape index (κ3) is 3.59. The first-order chi connectivity index (χ1) is 15.6. The summed E-state index contributed by atoms with van der Waals surface area (Å²) in [7, 11) is 0. The zero-order chi connectivity index (χ0) is 22.1. The Bertz CT molecular complexity index is 1270. The largest absolute Gasteiger partial charge is 0.387 e. The van der Waals surface area contributed by atoms with E-state index in [2.05, 4.69) is 58.5 Å². The lowest BCUT2D eigenvalue weighted by Crippen LogP contribution is -2.27. The maximum atomic E-state index is 12.7. The molecule has 0 unspecified atom stereocenters. The van der Waals surface area contributed by atoms with Crippen molar-refractivity contribution >= 4 is 11.5 Å². The predicted octanol–water partition coefficient (Wildman–Crippen LogP) is 4.51. The van der Waals surface area contributed by atoms with Gasteiger partial charge in [-0.1, -0.05) is 30.7 Å². The van der Waals surface area contributed by atoms with Gasteiger partial charge in [0.05, 0.1) is 5.54 Å². The number of hydrogen-bond donors (Lipinski definition) is 2. The molecular weight excluding hydrogens is 394 g/mol. The molecule has 0 fully saturated rings. The van der Waals surface area contributed by atoms with Crippen LogP contribution in [0.4, 0.5) is 5.69 Å². The number of benzene rings is 1. The number of terminal acetylenes is 1. The van der Waals surface area contributed by atoms with Crippen molar-refractivity contribution in [3.63, 3.8) is 0 Å². The van der Waals surface area contributed by atoms with Crippen LogP contribution < -0.4 is 10.6 Å². The molecule has 156 valence electrons. The Hall–Kier alpha value is -4.10. The van der Waals surface area contributed by atoms with E-state index in [1.54, 1.807) is 24.5 Å². The Morgan fingerprint density at radius 3 is 2.62 bits per heavy atom. The first kappa shape index (κ1) is 19.8. The first-order valence-corrected chi connectivity index (χ1v) is 10.6. The van der Waals surface area contributed by atoms with Gasteiger partial charge in [-0.15, -0.1) is 6.42 Å². The van der Waals surface area contributed by atoms with E-state index >= 15 is 0 Å². The van der Waals surface area contributed by atoms with Crippen molar-refractivity contribution < 1.29 is 4.79 Å². The fourth-order valence-corrected chi connectivity index (χ4v) is 4.43. The summed E-state index contributed by atoms with van der Waals surface area (Å²) in [4.78, 5) is 16.7. The molecule has 32 heavy (non-hydrogen) atoms. The molecule has 2 aliphatic carbocycles. The quantitative estimate of drug-likeness (QED) is 0.377. The lowest BCUT2D eigenvalue weighted by Gasteiger charge is -2.24. The summed E-state index contributed by atoms with van der Waals surface area (Å²) in [6.07, 6.45) is 21.0. The molecule has 4 nitrogen and oxygen atoms in total. The molecule has 0 radical (unpaired) electrons. The zero-order valence-corrected chi connectivity index (χ0v) is 17.7. The second kappa shape index (κ2) is 7.86. The van der Waals surface area contributed by atoms with Crippen molar-refractivity contribution in [3.05, 3.63) is 119 Å². The van der Waals surface area contributed by atoms with E-state index in [0.717, 1.165) is 29.8 Å². The number of ketones is 1. The highest BCUT2D eigenvalue weighted by molar-refractivity contribution is 6.08. The highest BCUT2D eigenvalue weighted by Crippen LogP contribution is 2.57. The van der Waals surface area contributed by atoms with Crippen molar-refractivity contribution in [1.29, 1.82) is 0 Å². The second-order valence-electron chi connectivity index (χ2n) is 8.30. The summed E-state index contributed by atoms with van der Waals surface area (Å²) in [5, 5.41) is 6.94. The third-order valence-corrected chi connectivity index (χ3v) is 6.13. The molecule has 0 saturated heterocycles. The molecule has 1 aliphatic heterocycles. The summed E-state index contributed by atoms with van der Waals surface area (Å²) >= 11 is 0. The van der Waals surface area contributed by atoms with Crippen LogP contribution in [0.25, 0.3) is 0 Å². The van der Waals surface area contributed by atoms with Gasteiger partial charge in [0.1, 0.15) is 0 Å². The number of pyridine rings is 1. The van der Waals surface area contributed by atoms with Gasteiger partial charge >= 0.3 is 0 Å². The molecular formula is C28H23N3O. The topological polar surface area (TPSA) is 54.0 Å². The molecule has 0 spiro atoms. The van der Waals surface area contributed by atoms with Gasteiger partial charge in [0, 0.05) is 48.6 Å². The Kier molecular flexibility index (Phi) is 4.88. The standard InChI is InChI=1S/C28H23N3O/c1-3-20-15-22(14-19(2)27(32)23-8-12-30-13-9-23)17-24(16-20)31-28(25-4-5-26(25)28)18-21-6-10-29-11-7-21/h1,4-10,12-13,15-17,29,31H,2,11,14,18H2. The van der Waals surface area contributed by atoms with Gasteiger partial charge in [-0.05, 0) is 70.5 Å². The number of aromatic nitrogens is 1. The number of carbonyl (C=O) groups excluding carboxylic acids is 1. The fourth-order valence-electron chi connectivity index (χ4n) is 4.43. The summed E-state index contributed by atoms with van der Waals surface area (Å²) in [6.45, 7) is 4.88. The minimum Gasteiger partial charge on any atom is -0.387 e. The molecule has 5 rings (SSSR count). The monoisotopic (exact) mass is 417 g/mol. The molecule has 0 amide bonds. The van der Waals surface area contributed by atoms with Crippen LogP contribution in [0.3, 0.4) is 0 Å². The highest BCUT2D eigenvalue weighted by Gasteiger charge is 2.54. The van der Waals surface area contributed by atoms with Crippen LogP contribution >= 0.6 is 0 Å². The van der Waals surface area contributed by atoms with Crippen LogP contribution in [0.2, 0.25) is 0 Å². The number of anilines is 1. The van der Waals surface area contributed by atoms with Gasteiger partial charge < -0.3 is 10.6 Å². The Morgan fingerprint density at radius 1 is 1.19 bits per heavy atom. The second-order valence-corrected chi connectivity index (χ2v) is 8.30. The zero-order valence-electron chi connectivity index (χ0n) is 17.7. The van der Waals surface area contributed by atoms with Crippen LogP contribution in [-0.2, 0) is 6.42 Å². The van der Waals surface area contributed by atoms with E-state index in [1.165, 1.54) is 16.7 Å². The molecule has 4 heteroatoms. The SMILES string of the molecule is C#Cc1cc(CC(=C)C(=O)c2ccncc2)cc(NC2(CC3=CCNC=C3)C3=C2C=C3)c1. The predicted molar refractivity (Wildman–Crippen MR) is 128 cm³/mol. The summed E-state index contributed by atoms with van der Waals surface area (Å²) in [5.74, 6) is 2.67. The molecule has 0 bridgehead atoms. The van der Waals surface area contributed by atoms with Crippen LogP contribution in [-0.4, -0.2) is 22.9 Å². The number of rotatable bonds is 8. The van der Waals surface area contributed by atoms with E-state index in [4.69, 9.17) is 6.42 Å². The molecule has 0 atom stereocenters. The van der Waals surface area contributed by atoms with Crippen molar-refractivity contribution in [2.45, 2.75) is 18.4 Å². The van der Waals surface area contributed by atoms with Crippen molar-refractivity contribution in [2.75, 3.05) is 11.9 Å². The van der Waals surface area contributed by atoms with Crippen LogP contribution in [0.1, 0.15) is 27.9 Å². The summed E-state index contributed by atoms with van der Waals surface area (Å²) < 4.78 is 0. The molecule has 0 saturated carbocycles. The molecule has 2 aromatic rings. The Labute approximate surface area is 188 Å². The normalized spacial score (nSPS) is 16.8. The minimum atomic E-state index is -0.165. The number of hydrogen-bond acceptors (Lipinski definition) is 4. The van der Waals surface area contributed by atoms with E-state index in [-0.39, 0.29) is 11.3 Å². The van der Waals surface area contributed by atoms with Crippen LogP contribution in [0, 0.1) is 12.3 Å². The van der Waals surface area contributed by atoms with E-state index in [1.807, 2.05) is 18.3 Å². The Morgan fingerprint density at radius 2 is 1.97 bits per heavy atom. The van der Waals surface area contributed by atoms with Crippen molar-refractivity contribution in [2.24, 2.45) is 0 Å². The van der Waals surface area contributed by atoms with E-state index in [0.29, 0.717) is 17.6 Å². The fraction of sp³-hybridized carbons (Fsp3) is 0.143. The third-order valence-electron chi connectivity index (χ3n) is 6.13. The minimum absolute atomic E-state index is 0.0790. The molecule has 3 aliphatic rings. The smallest absolute Gasteiger partial charge is 0.188 e. The van der Waals surface area contributed by atoms with E-state index in [9.17, 15) is 4.79 Å². The number of allylic oxidation sites excluding steroid dienone is 2. The van der Waals surface area contributed by atoms with Gasteiger partial charge in [-0.25, -0.2) is 0 Å². The van der Waals surface area contributed by atoms with Gasteiger partial charge in [-0.2, -0.15) is 0 Å².